The van der Waals surface area contributed by atoms with Crippen LogP contribution in [0, 0.1) is 0 Å². The third-order valence-corrected chi connectivity index (χ3v) is 2.98. The van der Waals surface area contributed by atoms with Crippen LogP contribution in [0.1, 0.15) is 40.0 Å². The lowest BCUT2D eigenvalue weighted by Crippen LogP contribution is -2.30. The fraction of sp³-hybridized carbons (Fsp3) is 0.533. The van der Waals surface area contributed by atoms with Gasteiger partial charge < -0.3 is 20.1 Å². The van der Waals surface area contributed by atoms with Gasteiger partial charge in [-0.05, 0) is 18.6 Å². The number of fused-ring (bicyclic) bond motifs is 1. The topological polar surface area (TPSA) is 59.6 Å². The second-order valence-electron chi connectivity index (χ2n) is 5.35. The molecule has 1 aromatic carbocycles. The van der Waals surface area contributed by atoms with Gasteiger partial charge in [0.15, 0.2) is 11.5 Å². The van der Waals surface area contributed by atoms with Gasteiger partial charge in [0.05, 0.1) is 0 Å². The molecule has 0 spiro atoms. The summed E-state index contributed by atoms with van der Waals surface area (Å²) in [6.45, 7) is 6.52. The standard InChI is InChI=1S/C15H22N2O3/c1-4-5-6-9-16-14(18)17-11-7-8-12-13(10-11)20-15(2,3)19-12/h7-8,10H,4-6,9H2,1-3H3,(H2,16,17,18). The molecule has 2 rings (SSSR count). The van der Waals surface area contributed by atoms with Gasteiger partial charge in [-0.25, -0.2) is 4.79 Å². The number of carbonyl (C=O) groups excluding carboxylic acids is 1. The first-order chi connectivity index (χ1) is 9.50. The zero-order chi connectivity index (χ0) is 14.6. The average Bonchev–Trinajstić information content (AvgIpc) is 2.68. The molecule has 0 saturated heterocycles. The van der Waals surface area contributed by atoms with E-state index in [1.165, 1.54) is 0 Å². The highest BCUT2D eigenvalue weighted by Gasteiger charge is 2.31. The molecule has 0 aromatic heterocycles. The first-order valence-corrected chi connectivity index (χ1v) is 7.07. The fourth-order valence-corrected chi connectivity index (χ4v) is 2.05. The van der Waals surface area contributed by atoms with Gasteiger partial charge in [-0.1, -0.05) is 19.8 Å². The Bertz CT molecular complexity index is 486. The lowest BCUT2D eigenvalue weighted by atomic mass is 10.2. The molecule has 0 unspecified atom stereocenters. The zero-order valence-electron chi connectivity index (χ0n) is 12.3. The SMILES string of the molecule is CCCCCNC(=O)Nc1ccc2c(c1)OC(C)(C)O2. The highest BCUT2D eigenvalue weighted by molar-refractivity contribution is 5.89. The summed E-state index contributed by atoms with van der Waals surface area (Å²) in [5.41, 5.74) is 0.693. The Labute approximate surface area is 119 Å². The van der Waals surface area contributed by atoms with E-state index < -0.39 is 5.79 Å². The minimum Gasteiger partial charge on any atom is -0.449 e. The summed E-state index contributed by atoms with van der Waals surface area (Å²) in [5.74, 6) is 0.700. The molecule has 1 heterocycles. The van der Waals surface area contributed by atoms with Crippen LogP contribution in [-0.2, 0) is 0 Å². The van der Waals surface area contributed by atoms with Gasteiger partial charge in [0, 0.05) is 32.1 Å². The average molecular weight is 278 g/mol. The summed E-state index contributed by atoms with van der Waals surface area (Å²) in [4.78, 5) is 11.7. The number of anilines is 1. The van der Waals surface area contributed by atoms with Crippen LogP contribution in [0.3, 0.4) is 0 Å². The van der Waals surface area contributed by atoms with Crippen molar-refractivity contribution in [1.82, 2.24) is 5.32 Å². The van der Waals surface area contributed by atoms with Crippen molar-refractivity contribution in [3.8, 4) is 11.5 Å². The van der Waals surface area contributed by atoms with Gasteiger partial charge in [0.1, 0.15) is 0 Å². The van der Waals surface area contributed by atoms with E-state index in [-0.39, 0.29) is 6.03 Å². The quantitative estimate of drug-likeness (QED) is 0.810. The number of hydrogen-bond donors (Lipinski definition) is 2. The minimum absolute atomic E-state index is 0.195. The number of urea groups is 1. The van der Waals surface area contributed by atoms with Crippen LogP contribution in [0.15, 0.2) is 18.2 Å². The smallest absolute Gasteiger partial charge is 0.319 e. The number of benzene rings is 1. The number of hydrogen-bond acceptors (Lipinski definition) is 3. The molecule has 2 amide bonds. The van der Waals surface area contributed by atoms with Crippen LogP contribution >= 0.6 is 0 Å². The normalized spacial score (nSPS) is 14.9. The molecule has 110 valence electrons. The second kappa shape index (κ2) is 6.03. The molecule has 0 bridgehead atoms. The van der Waals surface area contributed by atoms with Crippen LogP contribution in [0.25, 0.3) is 0 Å². The summed E-state index contributed by atoms with van der Waals surface area (Å²) in [7, 11) is 0. The third-order valence-electron chi connectivity index (χ3n) is 2.98. The number of unbranched alkanes of at least 4 members (excludes halogenated alkanes) is 2. The van der Waals surface area contributed by atoms with Crippen molar-refractivity contribution in [2.24, 2.45) is 0 Å². The van der Waals surface area contributed by atoms with Crippen LogP contribution in [0.2, 0.25) is 0 Å². The van der Waals surface area contributed by atoms with Gasteiger partial charge in [0.2, 0.25) is 5.79 Å². The van der Waals surface area contributed by atoms with Crippen molar-refractivity contribution in [3.05, 3.63) is 18.2 Å². The molecule has 0 aliphatic carbocycles. The Kier molecular flexibility index (Phi) is 4.37. The largest absolute Gasteiger partial charge is 0.449 e. The van der Waals surface area contributed by atoms with Crippen molar-refractivity contribution in [3.63, 3.8) is 0 Å². The minimum atomic E-state index is -0.649. The molecular weight excluding hydrogens is 256 g/mol. The van der Waals surface area contributed by atoms with E-state index in [1.54, 1.807) is 18.2 Å². The van der Waals surface area contributed by atoms with E-state index in [4.69, 9.17) is 9.47 Å². The van der Waals surface area contributed by atoms with Gasteiger partial charge in [-0.3, -0.25) is 0 Å². The summed E-state index contributed by atoms with van der Waals surface area (Å²) in [5, 5.41) is 5.62. The van der Waals surface area contributed by atoms with Gasteiger partial charge in [-0.2, -0.15) is 0 Å². The molecule has 1 aromatic rings. The Balaban J connectivity index is 1.87. The lowest BCUT2D eigenvalue weighted by molar-refractivity contribution is -0.0431. The third kappa shape index (κ3) is 3.79. The summed E-state index contributed by atoms with van der Waals surface area (Å²) >= 11 is 0. The van der Waals surface area contributed by atoms with E-state index in [2.05, 4.69) is 17.6 Å². The highest BCUT2D eigenvalue weighted by Crippen LogP contribution is 2.40. The molecule has 5 heteroatoms. The number of ether oxygens (including phenoxy) is 2. The molecule has 1 aliphatic heterocycles. The Morgan fingerprint density at radius 2 is 1.95 bits per heavy atom. The first kappa shape index (κ1) is 14.5. The maximum Gasteiger partial charge on any atom is 0.319 e. The molecular formula is C15H22N2O3. The Morgan fingerprint density at radius 3 is 2.70 bits per heavy atom. The molecule has 0 radical (unpaired) electrons. The number of nitrogens with one attached hydrogen (secondary N) is 2. The Hall–Kier alpha value is -1.91. The van der Waals surface area contributed by atoms with E-state index in [1.807, 2.05) is 13.8 Å². The van der Waals surface area contributed by atoms with Crippen molar-refractivity contribution < 1.29 is 14.3 Å². The molecule has 5 nitrogen and oxygen atoms in total. The van der Waals surface area contributed by atoms with Crippen molar-refractivity contribution in [2.75, 3.05) is 11.9 Å². The van der Waals surface area contributed by atoms with E-state index >= 15 is 0 Å². The molecule has 0 fully saturated rings. The maximum absolute atomic E-state index is 11.7. The molecule has 2 N–H and O–H groups in total. The molecule has 20 heavy (non-hydrogen) atoms. The second-order valence-corrected chi connectivity index (χ2v) is 5.35. The van der Waals surface area contributed by atoms with Crippen LogP contribution < -0.4 is 20.1 Å². The Morgan fingerprint density at radius 1 is 1.20 bits per heavy atom. The highest BCUT2D eigenvalue weighted by atomic mass is 16.7. The fourth-order valence-electron chi connectivity index (χ4n) is 2.05. The zero-order valence-corrected chi connectivity index (χ0v) is 12.3. The van der Waals surface area contributed by atoms with Crippen LogP contribution in [0.5, 0.6) is 11.5 Å². The van der Waals surface area contributed by atoms with E-state index in [0.717, 1.165) is 19.3 Å². The maximum atomic E-state index is 11.7. The first-order valence-electron chi connectivity index (χ1n) is 7.07. The number of carbonyl (C=O) groups is 1. The van der Waals surface area contributed by atoms with Gasteiger partial charge >= 0.3 is 6.03 Å². The summed E-state index contributed by atoms with van der Waals surface area (Å²) in [6.07, 6.45) is 3.26. The molecule has 0 atom stereocenters. The monoisotopic (exact) mass is 278 g/mol. The summed E-state index contributed by atoms with van der Waals surface area (Å²) in [6, 6.07) is 5.18. The van der Waals surface area contributed by atoms with Gasteiger partial charge in [0.25, 0.3) is 0 Å². The van der Waals surface area contributed by atoms with Crippen molar-refractivity contribution >= 4 is 11.7 Å². The molecule has 0 saturated carbocycles. The van der Waals surface area contributed by atoms with Crippen LogP contribution in [-0.4, -0.2) is 18.4 Å². The van der Waals surface area contributed by atoms with E-state index in [9.17, 15) is 4.79 Å². The van der Waals surface area contributed by atoms with Crippen molar-refractivity contribution in [2.45, 2.75) is 45.8 Å². The number of rotatable bonds is 5. The van der Waals surface area contributed by atoms with Gasteiger partial charge in [-0.15, -0.1) is 0 Å². The predicted octanol–water partition coefficient (Wildman–Crippen LogP) is 3.51. The molecule has 1 aliphatic rings. The van der Waals surface area contributed by atoms with E-state index in [0.29, 0.717) is 23.7 Å². The summed E-state index contributed by atoms with van der Waals surface area (Å²) < 4.78 is 11.2. The predicted molar refractivity (Wildman–Crippen MR) is 78.3 cm³/mol. The van der Waals surface area contributed by atoms with Crippen LogP contribution in [0.4, 0.5) is 10.5 Å². The lowest BCUT2D eigenvalue weighted by Gasteiger charge is -2.16. The number of amides is 2. The van der Waals surface area contributed by atoms with Crippen molar-refractivity contribution in [1.29, 1.82) is 0 Å².